The highest BCUT2D eigenvalue weighted by atomic mass is 19.4. The van der Waals surface area contributed by atoms with E-state index in [1.165, 1.54) is 28.9 Å². The van der Waals surface area contributed by atoms with Crippen molar-refractivity contribution in [3.63, 3.8) is 0 Å². The average Bonchev–Trinajstić information content (AvgIpc) is 3.09. The number of hydrogen-bond acceptors (Lipinski definition) is 4. The molecule has 0 unspecified atom stereocenters. The standard InChI is InChI=1S/C18H17F4N5/c19-14-3-1-13(2-4-14)11-25-7-9-26(10-8-25)16-17-24-15(18(20,21)22)12-27(17)6-5-23-16/h1-6,12H,7-11H2. The number of halogens is 4. The summed E-state index contributed by atoms with van der Waals surface area (Å²) in [5.41, 5.74) is 0.302. The number of hydrogen-bond donors (Lipinski definition) is 0. The minimum absolute atomic E-state index is 0.205. The van der Waals surface area contributed by atoms with E-state index in [0.29, 0.717) is 25.5 Å². The Morgan fingerprint density at radius 3 is 2.37 bits per heavy atom. The minimum Gasteiger partial charge on any atom is -0.351 e. The van der Waals surface area contributed by atoms with Crippen LogP contribution in [0.1, 0.15) is 11.3 Å². The topological polar surface area (TPSA) is 36.7 Å². The third-order valence-corrected chi connectivity index (χ3v) is 4.64. The van der Waals surface area contributed by atoms with Crippen LogP contribution in [-0.2, 0) is 12.7 Å². The molecule has 1 fully saturated rings. The van der Waals surface area contributed by atoms with Crippen molar-refractivity contribution in [2.24, 2.45) is 0 Å². The Labute approximate surface area is 152 Å². The Kier molecular flexibility index (Phi) is 4.47. The van der Waals surface area contributed by atoms with E-state index in [4.69, 9.17) is 0 Å². The molecule has 0 atom stereocenters. The van der Waals surface area contributed by atoms with Crippen LogP contribution in [-0.4, -0.2) is 45.4 Å². The highest BCUT2D eigenvalue weighted by Gasteiger charge is 2.34. The first-order valence-corrected chi connectivity index (χ1v) is 8.53. The van der Waals surface area contributed by atoms with E-state index >= 15 is 0 Å². The first-order chi connectivity index (χ1) is 12.9. The lowest BCUT2D eigenvalue weighted by atomic mass is 10.2. The smallest absolute Gasteiger partial charge is 0.351 e. The summed E-state index contributed by atoms with van der Waals surface area (Å²) in [7, 11) is 0. The van der Waals surface area contributed by atoms with Gasteiger partial charge in [0.2, 0.25) is 0 Å². The van der Waals surface area contributed by atoms with Crippen LogP contribution in [0.25, 0.3) is 5.65 Å². The van der Waals surface area contributed by atoms with E-state index in [9.17, 15) is 17.6 Å². The van der Waals surface area contributed by atoms with Crippen molar-refractivity contribution in [2.45, 2.75) is 12.7 Å². The van der Waals surface area contributed by atoms with Crippen molar-refractivity contribution in [1.29, 1.82) is 0 Å². The molecule has 1 saturated heterocycles. The molecule has 0 N–H and O–H groups in total. The molecule has 27 heavy (non-hydrogen) atoms. The second-order valence-corrected chi connectivity index (χ2v) is 6.50. The maximum Gasteiger partial charge on any atom is 0.434 e. The van der Waals surface area contributed by atoms with Gasteiger partial charge >= 0.3 is 6.18 Å². The molecule has 0 bridgehead atoms. The number of fused-ring (bicyclic) bond motifs is 1. The molecule has 3 aromatic rings. The molecule has 0 saturated carbocycles. The number of anilines is 1. The van der Waals surface area contributed by atoms with Crippen molar-refractivity contribution in [2.75, 3.05) is 31.1 Å². The number of nitrogens with zero attached hydrogens (tertiary/aromatic N) is 5. The van der Waals surface area contributed by atoms with Crippen molar-refractivity contribution < 1.29 is 17.6 Å². The first-order valence-electron chi connectivity index (χ1n) is 8.53. The van der Waals surface area contributed by atoms with Crippen molar-refractivity contribution in [3.05, 3.63) is 59.9 Å². The zero-order chi connectivity index (χ0) is 19.0. The lowest BCUT2D eigenvalue weighted by Gasteiger charge is -2.35. The van der Waals surface area contributed by atoms with Gasteiger partial charge in [-0.1, -0.05) is 12.1 Å². The maximum absolute atomic E-state index is 13.0. The number of alkyl halides is 3. The molecule has 9 heteroatoms. The largest absolute Gasteiger partial charge is 0.434 e. The van der Waals surface area contributed by atoms with Gasteiger partial charge in [0.05, 0.1) is 0 Å². The van der Waals surface area contributed by atoms with Gasteiger partial charge in [-0.3, -0.25) is 4.90 Å². The molecule has 0 amide bonds. The fourth-order valence-corrected chi connectivity index (χ4v) is 3.23. The first kappa shape index (κ1) is 17.7. The van der Waals surface area contributed by atoms with Crippen LogP contribution in [0.15, 0.2) is 42.9 Å². The van der Waals surface area contributed by atoms with Gasteiger partial charge in [-0.15, -0.1) is 0 Å². The second-order valence-electron chi connectivity index (χ2n) is 6.50. The number of benzene rings is 1. The molecule has 0 spiro atoms. The Balaban J connectivity index is 1.48. The Hall–Kier alpha value is -2.68. The Bertz CT molecular complexity index is 927. The number of imidazole rings is 1. The summed E-state index contributed by atoms with van der Waals surface area (Å²) >= 11 is 0. The van der Waals surface area contributed by atoms with Gasteiger partial charge in [0.25, 0.3) is 0 Å². The lowest BCUT2D eigenvalue weighted by molar-refractivity contribution is -0.140. The van der Waals surface area contributed by atoms with Crippen LogP contribution in [0.5, 0.6) is 0 Å². The van der Waals surface area contributed by atoms with Gasteiger partial charge in [0.15, 0.2) is 17.2 Å². The predicted octanol–water partition coefficient (Wildman–Crippen LogP) is 3.21. The molecule has 1 aliphatic heterocycles. The number of aromatic nitrogens is 3. The molecule has 0 radical (unpaired) electrons. The summed E-state index contributed by atoms with van der Waals surface area (Å²) in [6, 6.07) is 6.39. The van der Waals surface area contributed by atoms with Gasteiger partial charge < -0.3 is 9.30 Å². The van der Waals surface area contributed by atoms with Crippen LogP contribution < -0.4 is 4.90 Å². The summed E-state index contributed by atoms with van der Waals surface area (Å²) in [6.45, 7) is 3.41. The molecule has 4 rings (SSSR count). The molecule has 3 heterocycles. The van der Waals surface area contributed by atoms with Gasteiger partial charge in [-0.25, -0.2) is 14.4 Å². The van der Waals surface area contributed by atoms with Crippen molar-refractivity contribution in [1.82, 2.24) is 19.3 Å². The molecule has 2 aromatic heterocycles. The fourth-order valence-electron chi connectivity index (χ4n) is 3.23. The van der Waals surface area contributed by atoms with Crippen molar-refractivity contribution in [3.8, 4) is 0 Å². The number of piperazine rings is 1. The van der Waals surface area contributed by atoms with Crippen LogP contribution in [0, 0.1) is 5.82 Å². The average molecular weight is 379 g/mol. The molecule has 5 nitrogen and oxygen atoms in total. The SMILES string of the molecule is Fc1ccc(CN2CCN(c3nccn4cc(C(F)(F)F)nc34)CC2)cc1. The zero-order valence-electron chi connectivity index (χ0n) is 14.3. The molecule has 0 aliphatic carbocycles. The monoisotopic (exact) mass is 379 g/mol. The summed E-state index contributed by atoms with van der Waals surface area (Å²) in [6.07, 6.45) is -0.566. The van der Waals surface area contributed by atoms with Gasteiger partial charge in [-0.05, 0) is 17.7 Å². The maximum atomic E-state index is 13.0. The lowest BCUT2D eigenvalue weighted by Crippen LogP contribution is -2.46. The van der Waals surface area contributed by atoms with Crippen molar-refractivity contribution >= 4 is 11.5 Å². The molecular formula is C18H17F4N5. The highest BCUT2D eigenvalue weighted by molar-refractivity contribution is 5.64. The summed E-state index contributed by atoms with van der Waals surface area (Å²) < 4.78 is 53.2. The van der Waals surface area contributed by atoms with Gasteiger partial charge in [-0.2, -0.15) is 13.2 Å². The fraction of sp³-hybridized carbons (Fsp3) is 0.333. The quantitative estimate of drug-likeness (QED) is 0.655. The highest BCUT2D eigenvalue weighted by Crippen LogP contribution is 2.30. The number of rotatable bonds is 3. The Morgan fingerprint density at radius 1 is 1.00 bits per heavy atom. The van der Waals surface area contributed by atoms with E-state index in [1.807, 2.05) is 4.90 Å². The zero-order valence-corrected chi connectivity index (χ0v) is 14.3. The van der Waals surface area contributed by atoms with E-state index in [2.05, 4.69) is 14.9 Å². The van der Waals surface area contributed by atoms with Crippen LogP contribution in [0.4, 0.5) is 23.4 Å². The summed E-state index contributed by atoms with van der Waals surface area (Å²) in [5.74, 6) is 0.190. The molecule has 1 aromatic carbocycles. The molecular weight excluding hydrogens is 362 g/mol. The van der Waals surface area contributed by atoms with E-state index < -0.39 is 11.9 Å². The van der Waals surface area contributed by atoms with Gasteiger partial charge in [0.1, 0.15) is 5.82 Å². The van der Waals surface area contributed by atoms with Crippen LogP contribution in [0.3, 0.4) is 0 Å². The Morgan fingerprint density at radius 2 is 1.70 bits per heavy atom. The summed E-state index contributed by atoms with van der Waals surface area (Å²) in [5, 5.41) is 0. The third kappa shape index (κ3) is 3.73. The molecule has 142 valence electrons. The summed E-state index contributed by atoms with van der Waals surface area (Å²) in [4.78, 5) is 12.2. The van der Waals surface area contributed by atoms with Crippen LogP contribution >= 0.6 is 0 Å². The van der Waals surface area contributed by atoms with Gasteiger partial charge in [0, 0.05) is 51.3 Å². The molecule has 1 aliphatic rings. The predicted molar refractivity (Wildman–Crippen MR) is 91.9 cm³/mol. The van der Waals surface area contributed by atoms with E-state index in [-0.39, 0.29) is 11.5 Å². The normalized spacial score (nSPS) is 16.2. The second kappa shape index (κ2) is 6.80. The third-order valence-electron chi connectivity index (χ3n) is 4.64. The van der Waals surface area contributed by atoms with Crippen LogP contribution in [0.2, 0.25) is 0 Å². The van der Waals surface area contributed by atoms with E-state index in [1.54, 1.807) is 12.1 Å². The minimum atomic E-state index is -4.49. The van der Waals surface area contributed by atoms with E-state index in [0.717, 1.165) is 24.8 Å².